The second kappa shape index (κ2) is 7.68. The van der Waals surface area contributed by atoms with Crippen molar-refractivity contribution in [2.75, 3.05) is 11.9 Å². The summed E-state index contributed by atoms with van der Waals surface area (Å²) in [5.41, 5.74) is 1.22. The van der Waals surface area contributed by atoms with Crippen LogP contribution in [0, 0.1) is 11.8 Å². The van der Waals surface area contributed by atoms with Gasteiger partial charge in [-0.1, -0.05) is 33.8 Å². The second-order valence-electron chi connectivity index (χ2n) is 5.48. The minimum Gasteiger partial charge on any atom is -0.352 e. The number of hydrogen-bond acceptors (Lipinski definition) is 2. The van der Waals surface area contributed by atoms with Crippen molar-refractivity contribution in [3.05, 3.63) is 29.8 Å². The molecule has 0 fully saturated rings. The van der Waals surface area contributed by atoms with E-state index in [0.29, 0.717) is 23.7 Å². The molecule has 0 aliphatic carbocycles. The Kier molecular flexibility index (Phi) is 6.22. The minimum absolute atomic E-state index is 0.0211. The van der Waals surface area contributed by atoms with E-state index < -0.39 is 0 Å². The van der Waals surface area contributed by atoms with Crippen LogP contribution in [0.3, 0.4) is 0 Å². The van der Waals surface area contributed by atoms with E-state index in [1.807, 2.05) is 27.7 Å². The maximum atomic E-state index is 12.0. The van der Waals surface area contributed by atoms with Gasteiger partial charge < -0.3 is 10.6 Å². The molecule has 0 spiro atoms. The lowest BCUT2D eigenvalue weighted by atomic mass is 10.1. The van der Waals surface area contributed by atoms with Crippen molar-refractivity contribution in [3.63, 3.8) is 0 Å². The summed E-state index contributed by atoms with van der Waals surface area (Å²) in [5, 5.41) is 5.70. The van der Waals surface area contributed by atoms with Crippen LogP contribution in [0.1, 0.15) is 44.5 Å². The number of anilines is 1. The van der Waals surface area contributed by atoms with Crippen LogP contribution in [0.25, 0.3) is 0 Å². The van der Waals surface area contributed by atoms with E-state index in [1.165, 1.54) is 0 Å². The first kappa shape index (κ1) is 16.2. The van der Waals surface area contributed by atoms with Gasteiger partial charge in [0.15, 0.2) is 0 Å². The molecule has 0 aliphatic heterocycles. The smallest absolute Gasteiger partial charge is 0.251 e. The fourth-order valence-electron chi connectivity index (χ4n) is 1.59. The number of carbonyl (C=O) groups excluding carboxylic acids is 2. The normalized spacial score (nSPS) is 12.1. The molecule has 0 aliphatic rings. The number of benzene rings is 1. The van der Waals surface area contributed by atoms with Gasteiger partial charge in [0.05, 0.1) is 0 Å². The van der Waals surface area contributed by atoms with Crippen LogP contribution in [0.5, 0.6) is 0 Å². The predicted molar refractivity (Wildman–Crippen MR) is 81.7 cm³/mol. The van der Waals surface area contributed by atoms with Crippen LogP contribution in [0.4, 0.5) is 5.69 Å². The highest BCUT2D eigenvalue weighted by molar-refractivity contribution is 5.97. The highest BCUT2D eigenvalue weighted by Gasteiger charge is 2.12. The number of nitrogens with one attached hydrogen (secondary N) is 2. The molecule has 2 N–H and O–H groups in total. The van der Waals surface area contributed by atoms with E-state index in [2.05, 4.69) is 10.6 Å². The van der Waals surface area contributed by atoms with E-state index in [9.17, 15) is 9.59 Å². The van der Waals surface area contributed by atoms with Gasteiger partial charge >= 0.3 is 0 Å². The summed E-state index contributed by atoms with van der Waals surface area (Å²) in [6.45, 7) is 8.59. The molecule has 0 saturated carbocycles. The lowest BCUT2D eigenvalue weighted by Crippen LogP contribution is -2.27. The number of hydrogen-bond donors (Lipinski definition) is 2. The topological polar surface area (TPSA) is 58.2 Å². The van der Waals surface area contributed by atoms with Crippen molar-refractivity contribution in [1.82, 2.24) is 5.32 Å². The molecular weight excluding hydrogens is 252 g/mol. The minimum atomic E-state index is -0.113. The zero-order chi connectivity index (χ0) is 15.1. The molecule has 4 nitrogen and oxygen atoms in total. The number of amides is 2. The van der Waals surface area contributed by atoms with E-state index in [1.54, 1.807) is 24.3 Å². The Balaban J connectivity index is 2.70. The van der Waals surface area contributed by atoms with E-state index in [4.69, 9.17) is 0 Å². The third kappa shape index (κ3) is 5.03. The first-order valence-electron chi connectivity index (χ1n) is 7.13. The lowest BCUT2D eigenvalue weighted by molar-refractivity contribution is -0.119. The van der Waals surface area contributed by atoms with Gasteiger partial charge in [0.2, 0.25) is 5.91 Å². The van der Waals surface area contributed by atoms with Gasteiger partial charge in [-0.25, -0.2) is 0 Å². The Labute approximate surface area is 121 Å². The summed E-state index contributed by atoms with van der Waals surface area (Å²) in [4.78, 5) is 23.8. The molecule has 4 heteroatoms. The van der Waals surface area contributed by atoms with Gasteiger partial charge in [0.1, 0.15) is 0 Å². The van der Waals surface area contributed by atoms with Crippen LogP contribution in [-0.4, -0.2) is 18.4 Å². The fourth-order valence-corrected chi connectivity index (χ4v) is 1.59. The molecule has 0 heterocycles. The maximum Gasteiger partial charge on any atom is 0.251 e. The zero-order valence-electron chi connectivity index (χ0n) is 12.7. The summed E-state index contributed by atoms with van der Waals surface area (Å²) in [6.07, 6.45) is 0.792. The number of rotatable bonds is 6. The first-order chi connectivity index (χ1) is 9.43. The Morgan fingerprint density at radius 3 is 2.50 bits per heavy atom. The van der Waals surface area contributed by atoms with Crippen molar-refractivity contribution in [1.29, 1.82) is 0 Å². The quantitative estimate of drug-likeness (QED) is 0.839. The van der Waals surface area contributed by atoms with Gasteiger partial charge in [-0.05, 0) is 30.5 Å². The average molecular weight is 276 g/mol. The molecule has 1 atom stereocenters. The third-order valence-electron chi connectivity index (χ3n) is 3.12. The summed E-state index contributed by atoms with van der Waals surface area (Å²) >= 11 is 0. The van der Waals surface area contributed by atoms with E-state index in [-0.39, 0.29) is 17.7 Å². The summed E-state index contributed by atoms with van der Waals surface area (Å²) in [7, 11) is 0. The molecule has 0 unspecified atom stereocenters. The Morgan fingerprint density at radius 2 is 1.90 bits per heavy atom. The van der Waals surface area contributed by atoms with Crippen LogP contribution in [0.15, 0.2) is 24.3 Å². The second-order valence-corrected chi connectivity index (χ2v) is 5.48. The summed E-state index contributed by atoms with van der Waals surface area (Å²) in [5.74, 6) is 0.242. The van der Waals surface area contributed by atoms with Crippen LogP contribution in [-0.2, 0) is 4.79 Å². The van der Waals surface area contributed by atoms with Gasteiger partial charge in [-0.2, -0.15) is 0 Å². The molecule has 1 rings (SSSR count). The fraction of sp³-hybridized carbons (Fsp3) is 0.500. The monoisotopic (exact) mass is 276 g/mol. The molecule has 0 radical (unpaired) electrons. The van der Waals surface area contributed by atoms with Crippen LogP contribution >= 0.6 is 0 Å². The van der Waals surface area contributed by atoms with Crippen molar-refractivity contribution in [3.8, 4) is 0 Å². The third-order valence-corrected chi connectivity index (χ3v) is 3.12. The molecule has 110 valence electrons. The van der Waals surface area contributed by atoms with Crippen molar-refractivity contribution >= 4 is 17.5 Å². The molecule has 1 aromatic carbocycles. The first-order valence-corrected chi connectivity index (χ1v) is 7.13. The van der Waals surface area contributed by atoms with Gasteiger partial charge in [-0.15, -0.1) is 0 Å². The van der Waals surface area contributed by atoms with Crippen molar-refractivity contribution < 1.29 is 9.59 Å². The molecule has 0 saturated heterocycles. The molecule has 2 amide bonds. The Hall–Kier alpha value is -1.84. The summed E-state index contributed by atoms with van der Waals surface area (Å²) in [6, 6.07) is 7.01. The largest absolute Gasteiger partial charge is 0.352 e. The maximum absolute atomic E-state index is 12.0. The van der Waals surface area contributed by atoms with Gasteiger partial charge in [-0.3, -0.25) is 9.59 Å². The summed E-state index contributed by atoms with van der Waals surface area (Å²) < 4.78 is 0. The lowest BCUT2D eigenvalue weighted by Gasteiger charge is -2.11. The molecule has 0 aromatic heterocycles. The average Bonchev–Trinajstić information content (AvgIpc) is 2.43. The Morgan fingerprint density at radius 1 is 1.20 bits per heavy atom. The highest BCUT2D eigenvalue weighted by Crippen LogP contribution is 2.13. The number of carbonyl (C=O) groups is 2. The molecule has 0 bridgehead atoms. The van der Waals surface area contributed by atoms with Gasteiger partial charge in [0, 0.05) is 23.7 Å². The molecular formula is C16H24N2O2. The molecule has 1 aromatic rings. The van der Waals surface area contributed by atoms with E-state index >= 15 is 0 Å². The van der Waals surface area contributed by atoms with Crippen molar-refractivity contribution in [2.24, 2.45) is 11.8 Å². The Bertz CT molecular complexity index is 469. The van der Waals surface area contributed by atoms with Gasteiger partial charge in [0.25, 0.3) is 5.91 Å². The zero-order valence-corrected chi connectivity index (χ0v) is 12.7. The molecule has 20 heavy (non-hydrogen) atoms. The SMILES string of the molecule is CC[C@H](C)C(=O)Nc1cccc(C(=O)NCC(C)C)c1. The highest BCUT2D eigenvalue weighted by atomic mass is 16.2. The van der Waals surface area contributed by atoms with E-state index in [0.717, 1.165) is 6.42 Å². The standard InChI is InChI=1S/C16H24N2O2/c1-5-12(4)15(19)18-14-8-6-7-13(9-14)16(20)17-10-11(2)3/h6-9,11-12H,5,10H2,1-4H3,(H,17,20)(H,18,19)/t12-/m0/s1. The van der Waals surface area contributed by atoms with Crippen LogP contribution in [0.2, 0.25) is 0 Å². The predicted octanol–water partition coefficient (Wildman–Crippen LogP) is 3.06. The van der Waals surface area contributed by atoms with Crippen molar-refractivity contribution in [2.45, 2.75) is 34.1 Å². The van der Waals surface area contributed by atoms with Crippen LogP contribution < -0.4 is 10.6 Å².